The first kappa shape index (κ1) is 24.1. The lowest BCUT2D eigenvalue weighted by atomic mass is 9.76. The molecule has 0 aliphatic carbocycles. The van der Waals surface area contributed by atoms with Gasteiger partial charge in [-0.15, -0.1) is 0 Å². The number of carbonyl (C=O) groups is 2. The fourth-order valence-electron chi connectivity index (χ4n) is 3.94. The zero-order valence-electron chi connectivity index (χ0n) is 19.3. The molecule has 1 aromatic rings. The molecule has 0 bridgehead atoms. The molecule has 6 nitrogen and oxygen atoms in total. The smallest absolute Gasteiger partial charge is 0.341 e. The van der Waals surface area contributed by atoms with E-state index in [4.69, 9.17) is 19.0 Å². The molecule has 0 amide bonds. The molecule has 0 saturated heterocycles. The molecule has 1 aromatic carbocycles. The minimum Gasteiger partial charge on any atom is -0.496 e. The number of rotatable bonds is 8. The molecule has 1 aliphatic rings. The van der Waals surface area contributed by atoms with Gasteiger partial charge in [-0.05, 0) is 50.8 Å². The third-order valence-corrected chi connectivity index (χ3v) is 5.86. The van der Waals surface area contributed by atoms with Crippen molar-refractivity contribution < 1.29 is 28.6 Å². The Labute approximate surface area is 180 Å². The molecule has 1 unspecified atom stereocenters. The van der Waals surface area contributed by atoms with Gasteiger partial charge in [0.05, 0.1) is 12.7 Å². The maximum atomic E-state index is 12.9. The molecule has 1 aliphatic heterocycles. The largest absolute Gasteiger partial charge is 0.496 e. The predicted octanol–water partition coefficient (Wildman–Crippen LogP) is 5.09. The van der Waals surface area contributed by atoms with Crippen molar-refractivity contribution in [2.45, 2.75) is 78.7 Å². The van der Waals surface area contributed by atoms with Gasteiger partial charge in [0.25, 0.3) is 0 Å². The van der Waals surface area contributed by atoms with E-state index < -0.39 is 21.3 Å². The third kappa shape index (κ3) is 5.13. The van der Waals surface area contributed by atoms with Gasteiger partial charge in [-0.25, -0.2) is 4.79 Å². The van der Waals surface area contributed by atoms with Crippen LogP contribution in [0.3, 0.4) is 0 Å². The number of esters is 1. The average molecular weight is 434 g/mol. The summed E-state index contributed by atoms with van der Waals surface area (Å²) in [4.78, 5) is 23.8. The van der Waals surface area contributed by atoms with E-state index in [1.165, 1.54) is 0 Å². The summed E-state index contributed by atoms with van der Waals surface area (Å²) in [6.07, 6.45) is 2.45. The first-order valence-corrected chi connectivity index (χ1v) is 12.6. The van der Waals surface area contributed by atoms with Gasteiger partial charge in [-0.2, -0.15) is 0 Å². The van der Waals surface area contributed by atoms with Crippen LogP contribution in [0.5, 0.6) is 5.75 Å². The molecule has 2 rings (SSSR count). The standard InChI is InChI=1S/C23H33O6Si/c1-13(10-12-16(24)25)9-11-15-19(23(3,4)5)18-17(14(2)20(15)27-6)22(28-21(18)26)29-30(7)8/h9,22H,10-12H2,1-8H3,(H,24,25)/b13-9+. The van der Waals surface area contributed by atoms with Gasteiger partial charge in [0, 0.05) is 23.1 Å². The monoisotopic (exact) mass is 433 g/mol. The maximum absolute atomic E-state index is 12.9. The van der Waals surface area contributed by atoms with Gasteiger partial charge in [0.2, 0.25) is 15.3 Å². The summed E-state index contributed by atoms with van der Waals surface area (Å²) in [5.41, 5.74) is 4.70. The van der Waals surface area contributed by atoms with Crippen LogP contribution in [-0.2, 0) is 25.8 Å². The predicted molar refractivity (Wildman–Crippen MR) is 117 cm³/mol. The van der Waals surface area contributed by atoms with E-state index >= 15 is 0 Å². The summed E-state index contributed by atoms with van der Waals surface area (Å²) in [6, 6.07) is 0. The Morgan fingerprint density at radius 2 is 1.90 bits per heavy atom. The molecule has 1 radical (unpaired) electrons. The maximum Gasteiger partial charge on any atom is 0.341 e. The SMILES string of the molecule is COc1c(C)c2c(c(C(C)(C)C)c1C/C=C(\C)CCC(=O)O)C(=O)OC2O[Si](C)C. The molecule has 1 atom stereocenters. The van der Waals surface area contributed by atoms with Gasteiger partial charge in [0.15, 0.2) is 0 Å². The number of benzene rings is 1. The summed E-state index contributed by atoms with van der Waals surface area (Å²) in [7, 11) is 0.547. The Balaban J connectivity index is 2.67. The first-order valence-electron chi connectivity index (χ1n) is 10.2. The van der Waals surface area contributed by atoms with Crippen LogP contribution in [0.1, 0.15) is 79.4 Å². The molecule has 0 spiro atoms. The summed E-state index contributed by atoms with van der Waals surface area (Å²) in [6.45, 7) is 14.1. The molecule has 1 heterocycles. The summed E-state index contributed by atoms with van der Waals surface area (Å²) < 4.78 is 17.4. The van der Waals surface area contributed by atoms with Crippen molar-refractivity contribution in [1.82, 2.24) is 0 Å². The Morgan fingerprint density at radius 1 is 1.27 bits per heavy atom. The van der Waals surface area contributed by atoms with E-state index in [9.17, 15) is 9.59 Å². The van der Waals surface area contributed by atoms with Crippen LogP contribution in [0.15, 0.2) is 11.6 Å². The molecule has 165 valence electrons. The van der Waals surface area contributed by atoms with Crippen LogP contribution in [0.2, 0.25) is 13.1 Å². The molecule has 0 fully saturated rings. The van der Waals surface area contributed by atoms with Crippen molar-refractivity contribution in [3.8, 4) is 5.75 Å². The summed E-state index contributed by atoms with van der Waals surface area (Å²) in [5.74, 6) is -0.443. The number of carbonyl (C=O) groups excluding carboxylic acids is 1. The Kier molecular flexibility index (Phi) is 7.53. The van der Waals surface area contributed by atoms with Crippen molar-refractivity contribution in [2.75, 3.05) is 7.11 Å². The summed E-state index contributed by atoms with van der Waals surface area (Å²) >= 11 is 0. The highest BCUT2D eigenvalue weighted by molar-refractivity contribution is 6.48. The number of ether oxygens (including phenoxy) is 2. The number of cyclic esters (lactones) is 1. The van der Waals surface area contributed by atoms with E-state index in [1.807, 2.05) is 33.0 Å². The van der Waals surface area contributed by atoms with E-state index in [1.54, 1.807) is 7.11 Å². The Bertz CT molecular complexity index is 864. The van der Waals surface area contributed by atoms with Crippen LogP contribution in [-0.4, -0.2) is 33.2 Å². The second-order valence-corrected chi connectivity index (χ2v) is 11.0. The quantitative estimate of drug-likeness (QED) is 0.349. The topological polar surface area (TPSA) is 82.1 Å². The number of carboxylic acid groups (broad SMARTS) is 1. The van der Waals surface area contributed by atoms with Crippen molar-refractivity contribution in [2.24, 2.45) is 0 Å². The number of aliphatic carboxylic acids is 1. The van der Waals surface area contributed by atoms with Gasteiger partial charge in [0.1, 0.15) is 5.75 Å². The molecule has 0 aromatic heterocycles. The fraction of sp³-hybridized carbons (Fsp3) is 0.565. The third-order valence-electron chi connectivity index (χ3n) is 5.18. The average Bonchev–Trinajstić information content (AvgIpc) is 2.92. The van der Waals surface area contributed by atoms with Gasteiger partial charge in [-0.3, -0.25) is 4.79 Å². The van der Waals surface area contributed by atoms with Crippen molar-refractivity contribution in [3.05, 3.63) is 39.5 Å². The van der Waals surface area contributed by atoms with Crippen LogP contribution in [0.4, 0.5) is 0 Å². The van der Waals surface area contributed by atoms with E-state index in [2.05, 4.69) is 20.8 Å². The number of hydrogen-bond donors (Lipinski definition) is 1. The zero-order valence-corrected chi connectivity index (χ0v) is 20.3. The highest BCUT2D eigenvalue weighted by atomic mass is 28.3. The second-order valence-electron chi connectivity index (χ2n) is 8.96. The van der Waals surface area contributed by atoms with Crippen molar-refractivity contribution in [1.29, 1.82) is 0 Å². The zero-order chi connectivity index (χ0) is 22.8. The van der Waals surface area contributed by atoms with E-state index in [0.717, 1.165) is 33.6 Å². The number of hydrogen-bond acceptors (Lipinski definition) is 5. The molecular formula is C23H33O6Si. The highest BCUT2D eigenvalue weighted by Crippen LogP contribution is 2.47. The molecule has 0 saturated carbocycles. The van der Waals surface area contributed by atoms with Crippen LogP contribution >= 0.6 is 0 Å². The first-order chi connectivity index (χ1) is 13.9. The Morgan fingerprint density at radius 3 is 2.40 bits per heavy atom. The van der Waals surface area contributed by atoms with Crippen LogP contribution < -0.4 is 4.74 Å². The molecule has 1 N–H and O–H groups in total. The van der Waals surface area contributed by atoms with E-state index in [0.29, 0.717) is 18.4 Å². The van der Waals surface area contributed by atoms with Crippen LogP contribution in [0, 0.1) is 6.92 Å². The lowest BCUT2D eigenvalue weighted by molar-refractivity contribution is -0.136. The Hall–Kier alpha value is -2.12. The minimum absolute atomic E-state index is 0.0954. The number of fused-ring (bicyclic) bond motifs is 1. The second kappa shape index (κ2) is 9.35. The fourth-order valence-corrected chi connectivity index (χ4v) is 4.53. The lowest BCUT2D eigenvalue weighted by Gasteiger charge is -2.28. The highest BCUT2D eigenvalue weighted by Gasteiger charge is 2.41. The molecular weight excluding hydrogens is 400 g/mol. The number of carboxylic acids is 1. The van der Waals surface area contributed by atoms with E-state index in [-0.39, 0.29) is 17.8 Å². The minimum atomic E-state index is -1.09. The van der Waals surface area contributed by atoms with Gasteiger partial charge < -0.3 is 19.0 Å². The van der Waals surface area contributed by atoms with Gasteiger partial charge in [-0.1, -0.05) is 32.4 Å². The number of allylic oxidation sites excluding steroid dienone is 2. The van der Waals surface area contributed by atoms with Crippen molar-refractivity contribution >= 4 is 21.0 Å². The van der Waals surface area contributed by atoms with Gasteiger partial charge >= 0.3 is 11.9 Å². The number of methoxy groups -OCH3 is 1. The summed E-state index contributed by atoms with van der Waals surface area (Å²) in [5, 5.41) is 8.93. The normalized spacial score (nSPS) is 16.6. The van der Waals surface area contributed by atoms with Crippen molar-refractivity contribution in [3.63, 3.8) is 0 Å². The van der Waals surface area contributed by atoms with Crippen LogP contribution in [0.25, 0.3) is 0 Å². The lowest BCUT2D eigenvalue weighted by Crippen LogP contribution is -2.21. The molecule has 7 heteroatoms. The molecule has 30 heavy (non-hydrogen) atoms.